The van der Waals surface area contributed by atoms with Crippen molar-refractivity contribution in [3.8, 4) is 11.8 Å². The van der Waals surface area contributed by atoms with Gasteiger partial charge in [-0.3, -0.25) is 13.6 Å². The molecule has 1 aromatic heterocycles. The highest BCUT2D eigenvalue weighted by Gasteiger charge is 2.30. The van der Waals surface area contributed by atoms with Gasteiger partial charge in [-0.25, -0.2) is 0 Å². The zero-order valence-corrected chi connectivity index (χ0v) is 22.7. The molecular weight excluding hydrogens is 479 g/mol. The Labute approximate surface area is 224 Å². The quantitative estimate of drug-likeness (QED) is 0.322. The fraction of sp³-hybridized carbons (Fsp3) is 0.258. The molecule has 0 spiro atoms. The predicted molar refractivity (Wildman–Crippen MR) is 154 cm³/mol. The van der Waals surface area contributed by atoms with Gasteiger partial charge in [-0.2, -0.15) is 0 Å². The monoisotopic (exact) mass is 511 g/mol. The maximum absolute atomic E-state index is 14.2. The first-order valence-electron chi connectivity index (χ1n) is 12.6. The van der Waals surface area contributed by atoms with E-state index in [1.165, 1.54) is 0 Å². The van der Waals surface area contributed by atoms with Crippen molar-refractivity contribution in [1.82, 2.24) is 4.48 Å². The molecule has 7 heteroatoms. The first-order chi connectivity index (χ1) is 18.1. The van der Waals surface area contributed by atoms with Crippen molar-refractivity contribution in [3.63, 3.8) is 0 Å². The Bertz CT molecular complexity index is 1520. The molecule has 0 fully saturated rings. The van der Waals surface area contributed by atoms with Crippen molar-refractivity contribution in [2.75, 3.05) is 25.6 Å². The van der Waals surface area contributed by atoms with E-state index in [0.717, 1.165) is 49.3 Å². The molecule has 0 saturated heterocycles. The van der Waals surface area contributed by atoms with Gasteiger partial charge in [-0.05, 0) is 80.6 Å². The van der Waals surface area contributed by atoms with E-state index in [1.807, 2.05) is 88.3 Å². The van der Waals surface area contributed by atoms with E-state index in [0.29, 0.717) is 29.1 Å². The molecule has 0 amide bonds. The number of hydrogen-bond acceptors (Lipinski definition) is 3. The van der Waals surface area contributed by atoms with Crippen molar-refractivity contribution < 1.29 is 13.7 Å². The molecule has 0 bridgehead atoms. The smallest absolute Gasteiger partial charge is 0.396 e. The van der Waals surface area contributed by atoms with E-state index < -0.39 is 7.40 Å². The summed E-state index contributed by atoms with van der Waals surface area (Å²) in [5.74, 6) is 6.55. The summed E-state index contributed by atoms with van der Waals surface area (Å²) in [6, 6.07) is 17.3. The van der Waals surface area contributed by atoms with Gasteiger partial charge in [0.05, 0.1) is 17.0 Å². The van der Waals surface area contributed by atoms with Crippen LogP contribution in [0.1, 0.15) is 47.5 Å². The van der Waals surface area contributed by atoms with Gasteiger partial charge in [0.2, 0.25) is 0 Å². The van der Waals surface area contributed by atoms with Gasteiger partial charge in [-0.1, -0.05) is 42.2 Å². The summed E-state index contributed by atoms with van der Waals surface area (Å²) in [6.45, 7) is 7.47. The number of aliphatic hydroxyl groups excluding tert-OH is 1. The third-order valence-corrected chi connectivity index (χ3v) is 6.80. The van der Waals surface area contributed by atoms with Gasteiger partial charge in [-0.15, -0.1) is 0 Å². The summed E-state index contributed by atoms with van der Waals surface area (Å²) in [5.41, 5.74) is 9.20. The number of halogens is 2. The molecule has 4 nitrogen and oxygen atoms in total. The fourth-order valence-electron chi connectivity index (χ4n) is 5.06. The zero-order chi connectivity index (χ0) is 27.6. The van der Waals surface area contributed by atoms with E-state index in [2.05, 4.69) is 11.8 Å². The highest BCUT2D eigenvalue weighted by Crippen LogP contribution is 2.38. The Morgan fingerprint density at radius 2 is 1.71 bits per heavy atom. The molecule has 2 aromatic carbocycles. The number of allylic oxidation sites excluding steroid dienone is 2. The first kappa shape index (κ1) is 27.2. The van der Waals surface area contributed by atoms with Crippen LogP contribution >= 0.6 is 0 Å². The second-order valence-corrected chi connectivity index (χ2v) is 9.71. The average molecular weight is 511 g/mol. The number of anilines is 1. The molecule has 1 aliphatic rings. The summed E-state index contributed by atoms with van der Waals surface area (Å²) in [7, 11) is 1.27. The third kappa shape index (κ3) is 5.23. The fourth-order valence-corrected chi connectivity index (χ4v) is 5.06. The molecule has 3 aromatic rings. The SMILES string of the molecule is CC1=N/C(=C(/c2ccccc2)c2c(C)cc(C)n2B(F)F)C(C)=C1C#Cc1ccc(N(C)C)c(CCO)c1. The third-order valence-electron chi connectivity index (χ3n) is 6.80. The molecular formula is C31H32BF2N3O. The van der Waals surface area contributed by atoms with Crippen LogP contribution in [-0.2, 0) is 6.42 Å². The van der Waals surface area contributed by atoms with Gasteiger partial charge < -0.3 is 14.5 Å². The van der Waals surface area contributed by atoms with Crippen molar-refractivity contribution >= 4 is 24.4 Å². The second kappa shape index (κ2) is 11.2. The maximum Gasteiger partial charge on any atom is 0.677 e. The summed E-state index contributed by atoms with van der Waals surface area (Å²) in [5, 5.41) is 9.50. The van der Waals surface area contributed by atoms with Gasteiger partial charge in [0.1, 0.15) is 0 Å². The lowest BCUT2D eigenvalue weighted by atomic mass is 9.93. The molecule has 0 saturated carbocycles. The van der Waals surface area contributed by atoms with Crippen LogP contribution in [-0.4, -0.2) is 43.4 Å². The van der Waals surface area contributed by atoms with E-state index in [1.54, 1.807) is 13.0 Å². The Hall–Kier alpha value is -3.89. The standard InChI is InChI=1S/C31H32BF2N3O/c1-20-18-21(2)37(32(33)34)31(20)29(25-10-8-7-9-11-25)30-22(3)27(23(4)35-30)14-12-24-13-15-28(36(5)6)26(19-24)16-17-38/h7-11,13,15,18-19,38H,16-17H2,1-6H3/b30-29-. The molecule has 2 heterocycles. The lowest BCUT2D eigenvalue weighted by Crippen LogP contribution is -2.18. The summed E-state index contributed by atoms with van der Waals surface area (Å²) >= 11 is 0. The highest BCUT2D eigenvalue weighted by molar-refractivity contribution is 6.41. The predicted octanol–water partition coefficient (Wildman–Crippen LogP) is 6.08. The van der Waals surface area contributed by atoms with Crippen LogP contribution in [0, 0.1) is 25.7 Å². The minimum Gasteiger partial charge on any atom is -0.396 e. The minimum atomic E-state index is -2.67. The molecule has 0 radical (unpaired) electrons. The van der Waals surface area contributed by atoms with Gasteiger partial charge in [0.25, 0.3) is 0 Å². The van der Waals surface area contributed by atoms with Crippen molar-refractivity contribution in [2.24, 2.45) is 4.99 Å². The maximum atomic E-state index is 14.2. The normalized spacial score (nSPS) is 14.3. The molecule has 0 unspecified atom stereocenters. The Morgan fingerprint density at radius 1 is 1.00 bits per heavy atom. The number of hydrogen-bond donors (Lipinski definition) is 1. The number of aromatic nitrogens is 1. The number of aryl methyl sites for hydroxylation is 2. The van der Waals surface area contributed by atoms with E-state index in [4.69, 9.17) is 4.99 Å². The number of aliphatic hydroxyl groups is 1. The van der Waals surface area contributed by atoms with Crippen LogP contribution in [0.2, 0.25) is 0 Å². The van der Waals surface area contributed by atoms with Gasteiger partial charge in [0.15, 0.2) is 0 Å². The van der Waals surface area contributed by atoms with Crippen LogP contribution < -0.4 is 4.90 Å². The zero-order valence-electron chi connectivity index (χ0n) is 22.7. The Kier molecular flexibility index (Phi) is 8.04. The van der Waals surface area contributed by atoms with E-state index >= 15 is 0 Å². The summed E-state index contributed by atoms with van der Waals surface area (Å²) < 4.78 is 29.6. The minimum absolute atomic E-state index is 0.0589. The average Bonchev–Trinajstić information content (AvgIpc) is 3.32. The second-order valence-electron chi connectivity index (χ2n) is 9.71. The number of aliphatic imine (C=N–C) groups is 1. The van der Waals surface area contributed by atoms with Gasteiger partial charge >= 0.3 is 7.40 Å². The topological polar surface area (TPSA) is 40.8 Å². The van der Waals surface area contributed by atoms with Gasteiger partial charge in [0, 0.05) is 48.9 Å². The Balaban J connectivity index is 1.90. The molecule has 0 atom stereocenters. The summed E-state index contributed by atoms with van der Waals surface area (Å²) in [6.07, 6.45) is 0.543. The lowest BCUT2D eigenvalue weighted by Gasteiger charge is -2.17. The van der Waals surface area contributed by atoms with E-state index in [9.17, 15) is 13.7 Å². The highest BCUT2D eigenvalue weighted by atomic mass is 19.2. The van der Waals surface area contributed by atoms with Crippen LogP contribution in [0.5, 0.6) is 0 Å². The molecule has 194 valence electrons. The number of rotatable bonds is 6. The van der Waals surface area contributed by atoms with Crippen LogP contribution in [0.3, 0.4) is 0 Å². The van der Waals surface area contributed by atoms with Crippen LogP contribution in [0.25, 0.3) is 5.57 Å². The van der Waals surface area contributed by atoms with Crippen molar-refractivity contribution in [1.29, 1.82) is 0 Å². The summed E-state index contributed by atoms with van der Waals surface area (Å²) in [4.78, 5) is 6.89. The molecule has 1 N–H and O–H groups in total. The van der Waals surface area contributed by atoms with Crippen molar-refractivity contribution in [2.45, 2.75) is 34.1 Å². The number of nitrogens with zero attached hydrogens (tertiary/aromatic N) is 3. The molecule has 4 rings (SSSR count). The molecule has 0 aliphatic carbocycles. The first-order valence-corrected chi connectivity index (χ1v) is 12.6. The molecule has 38 heavy (non-hydrogen) atoms. The lowest BCUT2D eigenvalue weighted by molar-refractivity contribution is 0.299. The van der Waals surface area contributed by atoms with Crippen LogP contribution in [0.15, 0.2) is 76.4 Å². The van der Waals surface area contributed by atoms with Crippen molar-refractivity contribution in [3.05, 3.63) is 105 Å². The van der Waals surface area contributed by atoms with Crippen LogP contribution in [0.4, 0.5) is 14.3 Å². The van der Waals surface area contributed by atoms with E-state index in [-0.39, 0.29) is 6.61 Å². The number of benzene rings is 2. The Morgan fingerprint density at radius 3 is 2.34 bits per heavy atom. The molecule has 1 aliphatic heterocycles. The largest absolute Gasteiger partial charge is 0.677 e.